The van der Waals surface area contributed by atoms with E-state index in [4.69, 9.17) is 9.72 Å². The van der Waals surface area contributed by atoms with Crippen LogP contribution < -0.4 is 25.2 Å². The molecule has 2 heterocycles. The summed E-state index contributed by atoms with van der Waals surface area (Å²) in [7, 11) is 3.29. The first kappa shape index (κ1) is 23.7. The maximum Gasteiger partial charge on any atom is 0.251 e. The first-order chi connectivity index (χ1) is 16.4. The van der Waals surface area contributed by atoms with Gasteiger partial charge in [0.15, 0.2) is 5.82 Å². The van der Waals surface area contributed by atoms with E-state index in [1.807, 2.05) is 0 Å². The minimum Gasteiger partial charge on any atom is -0.495 e. The fourth-order valence-electron chi connectivity index (χ4n) is 4.47. The third-order valence-electron chi connectivity index (χ3n) is 6.36. The van der Waals surface area contributed by atoms with Gasteiger partial charge in [0.2, 0.25) is 11.9 Å². The van der Waals surface area contributed by atoms with E-state index in [2.05, 4.69) is 20.5 Å². The van der Waals surface area contributed by atoms with Gasteiger partial charge in [-0.15, -0.1) is 0 Å². The zero-order chi connectivity index (χ0) is 24.2. The summed E-state index contributed by atoms with van der Waals surface area (Å²) in [6.07, 6.45) is 6.05. The van der Waals surface area contributed by atoms with Gasteiger partial charge in [0.1, 0.15) is 11.4 Å². The molecule has 1 unspecified atom stereocenters. The lowest BCUT2D eigenvalue weighted by Crippen LogP contribution is -2.34. The van der Waals surface area contributed by atoms with Crippen LogP contribution in [0.2, 0.25) is 0 Å². The summed E-state index contributed by atoms with van der Waals surface area (Å²) in [6, 6.07) is 5.40. The highest BCUT2D eigenvalue weighted by molar-refractivity contribution is 5.97. The van der Waals surface area contributed by atoms with Crippen LogP contribution in [0.5, 0.6) is 5.75 Å². The van der Waals surface area contributed by atoms with Gasteiger partial charge in [-0.3, -0.25) is 9.59 Å². The van der Waals surface area contributed by atoms with Gasteiger partial charge in [0.05, 0.1) is 25.1 Å². The fraction of sp³-hybridized carbons (Fsp3) is 0.500. The number of benzene rings is 1. The summed E-state index contributed by atoms with van der Waals surface area (Å²) in [5, 5.41) is 15.3. The number of rotatable bonds is 7. The van der Waals surface area contributed by atoms with E-state index in [1.165, 1.54) is 20.0 Å². The van der Waals surface area contributed by atoms with Crippen LogP contribution in [0.1, 0.15) is 49.4 Å². The molecule has 1 fully saturated rings. The lowest BCUT2D eigenvalue weighted by atomic mass is 10.1. The minimum absolute atomic E-state index is 0.0529. The van der Waals surface area contributed by atoms with Gasteiger partial charge in [-0.2, -0.15) is 4.98 Å². The molecule has 3 N–H and O–H groups in total. The Morgan fingerprint density at radius 1 is 1.32 bits per heavy atom. The van der Waals surface area contributed by atoms with Gasteiger partial charge >= 0.3 is 0 Å². The van der Waals surface area contributed by atoms with Crippen molar-refractivity contribution >= 4 is 35.0 Å². The topological polar surface area (TPSA) is 120 Å². The Morgan fingerprint density at radius 3 is 2.79 bits per heavy atom. The number of carbonyl (C=O) groups excluding carboxylic acids is 2. The number of hydrogen-bond acceptors (Lipinski definition) is 8. The monoisotopic (exact) mass is 468 g/mol. The average Bonchev–Trinajstić information content (AvgIpc) is 3.33. The molecule has 0 radical (unpaired) electrons. The number of fused-ring (bicyclic) bond motifs is 1. The Balaban J connectivity index is 1.61. The molecule has 1 atom stereocenters. The molecule has 4 rings (SSSR count). The molecule has 2 aromatic rings. The Kier molecular flexibility index (Phi) is 7.16. The molecular formula is C24H32N6O4. The Bertz CT molecular complexity index is 1050. The molecule has 34 heavy (non-hydrogen) atoms. The van der Waals surface area contributed by atoms with Crippen molar-refractivity contribution in [1.29, 1.82) is 0 Å². The molecule has 1 aliphatic carbocycles. The van der Waals surface area contributed by atoms with E-state index in [9.17, 15) is 14.7 Å². The van der Waals surface area contributed by atoms with Gasteiger partial charge in [-0.25, -0.2) is 4.98 Å². The lowest BCUT2D eigenvalue weighted by Gasteiger charge is -2.30. The van der Waals surface area contributed by atoms with Crippen LogP contribution in [0.3, 0.4) is 0 Å². The number of amides is 2. The Morgan fingerprint density at radius 2 is 2.09 bits per heavy atom. The molecule has 10 nitrogen and oxygen atoms in total. The second kappa shape index (κ2) is 10.3. The van der Waals surface area contributed by atoms with E-state index in [0.29, 0.717) is 47.6 Å². The van der Waals surface area contributed by atoms with Crippen LogP contribution in [0, 0.1) is 0 Å². The zero-order valence-corrected chi connectivity index (χ0v) is 19.9. The highest BCUT2D eigenvalue weighted by atomic mass is 16.5. The van der Waals surface area contributed by atoms with Crippen LogP contribution in [0.15, 0.2) is 24.4 Å². The molecule has 2 amide bonds. The second-order valence-corrected chi connectivity index (χ2v) is 8.84. The predicted octanol–water partition coefficient (Wildman–Crippen LogP) is 2.45. The van der Waals surface area contributed by atoms with Crippen LogP contribution in [-0.2, 0) is 4.79 Å². The normalized spacial score (nSPS) is 17.2. The van der Waals surface area contributed by atoms with Crippen LogP contribution >= 0.6 is 0 Å². The first-order valence-corrected chi connectivity index (χ1v) is 11.7. The summed E-state index contributed by atoms with van der Waals surface area (Å²) in [4.78, 5) is 38.0. The number of aliphatic hydroxyl groups is 1. The molecule has 10 heteroatoms. The first-order valence-electron chi connectivity index (χ1n) is 11.7. The lowest BCUT2D eigenvalue weighted by molar-refractivity contribution is -0.118. The number of methoxy groups -OCH3 is 1. The van der Waals surface area contributed by atoms with E-state index in [0.717, 1.165) is 18.7 Å². The number of nitrogens with one attached hydrogen (secondary N) is 2. The zero-order valence-electron chi connectivity index (χ0n) is 19.9. The van der Waals surface area contributed by atoms with Crippen LogP contribution in [0.4, 0.5) is 23.1 Å². The SMILES string of the molecule is COc1cc(C(=O)NCC(C)O)ccc1Nc1ncc2c(n1)N(C1CCCC1)CCC(=O)N2C. The van der Waals surface area contributed by atoms with Gasteiger partial charge in [0.25, 0.3) is 5.91 Å². The Labute approximate surface area is 199 Å². The summed E-state index contributed by atoms with van der Waals surface area (Å²) in [6.45, 7) is 2.41. The third kappa shape index (κ3) is 5.06. The van der Waals surface area contributed by atoms with Crippen molar-refractivity contribution in [1.82, 2.24) is 15.3 Å². The molecule has 0 saturated heterocycles. The summed E-state index contributed by atoms with van der Waals surface area (Å²) < 4.78 is 5.49. The Hall–Kier alpha value is -3.40. The maximum absolute atomic E-state index is 12.5. The maximum atomic E-state index is 12.5. The van der Waals surface area contributed by atoms with Crippen LogP contribution in [0.25, 0.3) is 0 Å². The molecule has 2 aliphatic rings. The summed E-state index contributed by atoms with van der Waals surface area (Å²) >= 11 is 0. The van der Waals surface area contributed by atoms with Crippen molar-refractivity contribution in [3.8, 4) is 5.75 Å². The molecule has 1 aromatic carbocycles. The number of carbonyl (C=O) groups is 2. The van der Waals surface area contributed by atoms with Crippen molar-refractivity contribution in [2.24, 2.45) is 0 Å². The molecule has 1 saturated carbocycles. The second-order valence-electron chi connectivity index (χ2n) is 8.84. The number of aliphatic hydroxyl groups excluding tert-OH is 1. The van der Waals surface area contributed by atoms with Crippen molar-refractivity contribution < 1.29 is 19.4 Å². The fourth-order valence-corrected chi connectivity index (χ4v) is 4.47. The van der Waals surface area contributed by atoms with Gasteiger partial charge < -0.3 is 30.3 Å². The van der Waals surface area contributed by atoms with E-state index in [1.54, 1.807) is 43.3 Å². The largest absolute Gasteiger partial charge is 0.495 e. The molecular weight excluding hydrogens is 436 g/mol. The molecule has 182 valence electrons. The number of anilines is 4. The predicted molar refractivity (Wildman–Crippen MR) is 130 cm³/mol. The molecule has 0 spiro atoms. The highest BCUT2D eigenvalue weighted by Gasteiger charge is 2.31. The minimum atomic E-state index is -0.629. The van der Waals surface area contributed by atoms with E-state index < -0.39 is 6.10 Å². The number of nitrogens with zero attached hydrogens (tertiary/aromatic N) is 4. The summed E-state index contributed by atoms with van der Waals surface area (Å²) in [5.41, 5.74) is 1.73. The average molecular weight is 469 g/mol. The molecule has 1 aliphatic heterocycles. The van der Waals surface area contributed by atoms with Crippen molar-refractivity contribution in [2.75, 3.05) is 42.4 Å². The van der Waals surface area contributed by atoms with Gasteiger partial charge in [0, 0.05) is 38.2 Å². The number of aromatic nitrogens is 2. The quantitative estimate of drug-likeness (QED) is 0.567. The standard InChI is InChI=1S/C24H32N6O4/c1-15(31)13-25-23(33)16-8-9-18(20(12-16)34-3)27-24-26-14-19-22(28-24)30(17-6-4-5-7-17)11-10-21(32)29(19)2/h8-9,12,14-15,17,31H,4-7,10-11,13H2,1-3H3,(H,25,33)(H,26,27,28). The van der Waals surface area contributed by atoms with E-state index in [-0.39, 0.29) is 18.4 Å². The third-order valence-corrected chi connectivity index (χ3v) is 6.36. The summed E-state index contributed by atoms with van der Waals surface area (Å²) in [5.74, 6) is 1.35. The molecule has 0 bridgehead atoms. The van der Waals surface area contributed by atoms with Crippen LogP contribution in [-0.4, -0.2) is 66.3 Å². The van der Waals surface area contributed by atoms with Gasteiger partial charge in [-0.05, 0) is 38.0 Å². The van der Waals surface area contributed by atoms with E-state index >= 15 is 0 Å². The smallest absolute Gasteiger partial charge is 0.251 e. The highest BCUT2D eigenvalue weighted by Crippen LogP contribution is 2.36. The number of hydrogen-bond donors (Lipinski definition) is 3. The number of ether oxygens (including phenoxy) is 1. The van der Waals surface area contributed by atoms with Gasteiger partial charge in [-0.1, -0.05) is 12.8 Å². The molecule has 1 aromatic heterocycles. The van der Waals surface area contributed by atoms with Crippen molar-refractivity contribution in [3.63, 3.8) is 0 Å². The van der Waals surface area contributed by atoms with Crippen molar-refractivity contribution in [2.45, 2.75) is 51.2 Å². The van der Waals surface area contributed by atoms with Crippen molar-refractivity contribution in [3.05, 3.63) is 30.0 Å².